The van der Waals surface area contributed by atoms with Crippen molar-refractivity contribution in [1.29, 1.82) is 0 Å². The lowest BCUT2D eigenvalue weighted by molar-refractivity contribution is -0.115. The fourth-order valence-electron chi connectivity index (χ4n) is 1.95. The van der Waals surface area contributed by atoms with Crippen molar-refractivity contribution in [3.05, 3.63) is 54.1 Å². The zero-order chi connectivity index (χ0) is 15.9. The van der Waals surface area contributed by atoms with E-state index in [9.17, 15) is 9.59 Å². The number of methoxy groups -OCH3 is 1. The normalized spacial score (nSPS) is 9.86. The van der Waals surface area contributed by atoms with Crippen LogP contribution in [0, 0.1) is 0 Å². The summed E-state index contributed by atoms with van der Waals surface area (Å²) < 4.78 is 5.07. The molecular formula is C16H17N3O3. The van der Waals surface area contributed by atoms with Gasteiger partial charge in [-0.05, 0) is 35.9 Å². The van der Waals surface area contributed by atoms with Gasteiger partial charge in [0.2, 0.25) is 5.91 Å². The summed E-state index contributed by atoms with van der Waals surface area (Å²) in [5, 5.41) is 5.22. The molecule has 0 radical (unpaired) electrons. The summed E-state index contributed by atoms with van der Waals surface area (Å²) >= 11 is 0. The van der Waals surface area contributed by atoms with E-state index in [1.54, 1.807) is 43.5 Å². The highest BCUT2D eigenvalue weighted by Crippen LogP contribution is 2.16. The molecule has 0 aromatic heterocycles. The minimum atomic E-state index is -0.651. The third-order valence-electron chi connectivity index (χ3n) is 2.94. The lowest BCUT2D eigenvalue weighted by Crippen LogP contribution is -2.19. The zero-order valence-corrected chi connectivity index (χ0v) is 12.1. The van der Waals surface area contributed by atoms with Crippen molar-refractivity contribution >= 4 is 23.3 Å². The molecule has 0 aliphatic carbocycles. The number of rotatable bonds is 5. The van der Waals surface area contributed by atoms with Crippen LogP contribution < -0.4 is 21.1 Å². The monoisotopic (exact) mass is 299 g/mol. The number of hydrogen-bond acceptors (Lipinski definition) is 3. The molecule has 2 aromatic rings. The maximum atomic E-state index is 12.0. The summed E-state index contributed by atoms with van der Waals surface area (Å²) in [6.07, 6.45) is 0.247. The fraction of sp³-hybridized carbons (Fsp3) is 0.125. The number of ether oxygens (including phenoxy) is 1. The lowest BCUT2D eigenvalue weighted by atomic mass is 10.1. The summed E-state index contributed by atoms with van der Waals surface area (Å²) in [4.78, 5) is 22.8. The fourth-order valence-corrected chi connectivity index (χ4v) is 1.95. The molecule has 0 aliphatic rings. The molecule has 0 bridgehead atoms. The first-order chi connectivity index (χ1) is 10.6. The summed E-state index contributed by atoms with van der Waals surface area (Å²) in [5.41, 5.74) is 7.04. The number of carbonyl (C=O) groups excluding carboxylic acids is 2. The van der Waals surface area contributed by atoms with Gasteiger partial charge in [0.1, 0.15) is 5.75 Å². The third-order valence-corrected chi connectivity index (χ3v) is 2.94. The predicted molar refractivity (Wildman–Crippen MR) is 85.0 cm³/mol. The van der Waals surface area contributed by atoms with Crippen LogP contribution in [0.3, 0.4) is 0 Å². The smallest absolute Gasteiger partial charge is 0.316 e. The molecule has 6 heteroatoms. The molecule has 2 aromatic carbocycles. The van der Waals surface area contributed by atoms with E-state index in [4.69, 9.17) is 10.5 Å². The number of carbonyl (C=O) groups is 2. The number of anilines is 2. The van der Waals surface area contributed by atoms with Gasteiger partial charge in [-0.3, -0.25) is 4.79 Å². The highest BCUT2D eigenvalue weighted by molar-refractivity contribution is 5.94. The topological polar surface area (TPSA) is 93.4 Å². The number of amides is 3. The van der Waals surface area contributed by atoms with Gasteiger partial charge in [0.05, 0.1) is 13.5 Å². The third kappa shape index (κ3) is 4.52. The minimum Gasteiger partial charge on any atom is -0.497 e. The molecule has 0 aliphatic heterocycles. The second-order valence-corrected chi connectivity index (χ2v) is 4.64. The van der Waals surface area contributed by atoms with Crippen LogP contribution in [0.2, 0.25) is 0 Å². The first-order valence-electron chi connectivity index (χ1n) is 6.66. The summed E-state index contributed by atoms with van der Waals surface area (Å²) in [6, 6.07) is 13.4. The molecular weight excluding hydrogens is 282 g/mol. The first-order valence-corrected chi connectivity index (χ1v) is 6.66. The van der Waals surface area contributed by atoms with E-state index in [2.05, 4.69) is 10.6 Å². The van der Waals surface area contributed by atoms with Crippen molar-refractivity contribution in [1.82, 2.24) is 0 Å². The molecule has 3 amide bonds. The Labute approximate surface area is 128 Å². The predicted octanol–water partition coefficient (Wildman–Crippen LogP) is 2.37. The molecule has 0 saturated heterocycles. The van der Waals surface area contributed by atoms with Crippen LogP contribution in [-0.2, 0) is 11.2 Å². The van der Waals surface area contributed by atoms with Gasteiger partial charge in [-0.15, -0.1) is 0 Å². The van der Waals surface area contributed by atoms with Crippen LogP contribution >= 0.6 is 0 Å². The van der Waals surface area contributed by atoms with E-state index < -0.39 is 6.03 Å². The Morgan fingerprint density at radius 1 is 1.05 bits per heavy atom. The molecule has 0 unspecified atom stereocenters. The number of primary amides is 1. The molecule has 0 atom stereocenters. The van der Waals surface area contributed by atoms with Crippen molar-refractivity contribution in [2.45, 2.75) is 6.42 Å². The van der Waals surface area contributed by atoms with Crippen molar-refractivity contribution < 1.29 is 14.3 Å². The Bertz CT molecular complexity index is 669. The maximum Gasteiger partial charge on any atom is 0.316 e. The van der Waals surface area contributed by atoms with Gasteiger partial charge in [-0.25, -0.2) is 4.79 Å². The Balaban J connectivity index is 1.97. The molecule has 0 saturated carbocycles. The Morgan fingerprint density at radius 2 is 1.68 bits per heavy atom. The van der Waals surface area contributed by atoms with Gasteiger partial charge in [0, 0.05) is 11.4 Å². The van der Waals surface area contributed by atoms with E-state index in [-0.39, 0.29) is 12.3 Å². The largest absolute Gasteiger partial charge is 0.497 e. The Morgan fingerprint density at radius 3 is 2.27 bits per heavy atom. The van der Waals surface area contributed by atoms with Crippen LogP contribution in [0.25, 0.3) is 0 Å². The van der Waals surface area contributed by atoms with Crippen LogP contribution in [-0.4, -0.2) is 19.0 Å². The standard InChI is InChI=1S/C16H17N3O3/c1-22-14-7-5-11(6-8-14)9-15(20)18-12-3-2-4-13(10-12)19-16(17)21/h2-8,10H,9H2,1H3,(H,18,20)(H3,17,19,21). The van der Waals surface area contributed by atoms with Gasteiger partial charge in [0.15, 0.2) is 0 Å². The number of nitrogens with one attached hydrogen (secondary N) is 2. The highest BCUT2D eigenvalue weighted by atomic mass is 16.5. The van der Waals surface area contributed by atoms with Crippen LogP contribution in [0.1, 0.15) is 5.56 Å². The second-order valence-electron chi connectivity index (χ2n) is 4.64. The van der Waals surface area contributed by atoms with Gasteiger partial charge >= 0.3 is 6.03 Å². The molecule has 0 fully saturated rings. The number of nitrogens with two attached hydrogens (primary N) is 1. The van der Waals surface area contributed by atoms with Gasteiger partial charge in [-0.1, -0.05) is 18.2 Å². The number of urea groups is 1. The van der Waals surface area contributed by atoms with E-state index in [1.165, 1.54) is 0 Å². The van der Waals surface area contributed by atoms with Gasteiger partial charge in [0.25, 0.3) is 0 Å². The average molecular weight is 299 g/mol. The van der Waals surface area contributed by atoms with Gasteiger partial charge < -0.3 is 21.1 Å². The van der Waals surface area contributed by atoms with Crippen molar-refractivity contribution in [2.75, 3.05) is 17.7 Å². The lowest BCUT2D eigenvalue weighted by Gasteiger charge is -2.08. The molecule has 0 heterocycles. The van der Waals surface area contributed by atoms with Crippen molar-refractivity contribution in [3.8, 4) is 5.75 Å². The maximum absolute atomic E-state index is 12.0. The van der Waals surface area contributed by atoms with Crippen molar-refractivity contribution in [3.63, 3.8) is 0 Å². The zero-order valence-electron chi connectivity index (χ0n) is 12.1. The van der Waals surface area contributed by atoms with E-state index in [1.807, 2.05) is 12.1 Å². The quantitative estimate of drug-likeness (QED) is 0.791. The molecule has 0 spiro atoms. The van der Waals surface area contributed by atoms with E-state index >= 15 is 0 Å². The van der Waals surface area contributed by atoms with E-state index in [0.717, 1.165) is 11.3 Å². The van der Waals surface area contributed by atoms with Crippen LogP contribution in [0.15, 0.2) is 48.5 Å². The minimum absolute atomic E-state index is 0.151. The first kappa shape index (κ1) is 15.4. The molecule has 22 heavy (non-hydrogen) atoms. The number of hydrogen-bond donors (Lipinski definition) is 3. The van der Waals surface area contributed by atoms with Crippen LogP contribution in [0.4, 0.5) is 16.2 Å². The summed E-state index contributed by atoms with van der Waals surface area (Å²) in [6.45, 7) is 0. The van der Waals surface area contributed by atoms with E-state index in [0.29, 0.717) is 11.4 Å². The SMILES string of the molecule is COc1ccc(CC(=O)Nc2cccc(NC(N)=O)c2)cc1. The number of benzene rings is 2. The summed E-state index contributed by atoms with van der Waals surface area (Å²) in [5.74, 6) is 0.593. The Kier molecular flexibility index (Phi) is 4.98. The second kappa shape index (κ2) is 7.12. The summed E-state index contributed by atoms with van der Waals surface area (Å²) in [7, 11) is 1.59. The van der Waals surface area contributed by atoms with Crippen molar-refractivity contribution in [2.24, 2.45) is 5.73 Å². The van der Waals surface area contributed by atoms with Gasteiger partial charge in [-0.2, -0.15) is 0 Å². The molecule has 4 N–H and O–H groups in total. The molecule has 114 valence electrons. The Hall–Kier alpha value is -3.02. The highest BCUT2D eigenvalue weighted by Gasteiger charge is 2.05. The van der Waals surface area contributed by atoms with Crippen LogP contribution in [0.5, 0.6) is 5.75 Å². The molecule has 2 rings (SSSR count). The average Bonchev–Trinajstić information content (AvgIpc) is 2.47. The molecule has 6 nitrogen and oxygen atoms in total.